The molecule has 0 spiro atoms. The molecule has 0 radical (unpaired) electrons. The molecule has 0 fully saturated rings. The van der Waals surface area contributed by atoms with Crippen molar-refractivity contribution in [3.8, 4) is 0 Å². The average Bonchev–Trinajstić information content (AvgIpc) is 2.11. The quantitative estimate of drug-likeness (QED) is 0.591. The van der Waals surface area contributed by atoms with Gasteiger partial charge in [-0.15, -0.1) is 0 Å². The fourth-order valence-corrected chi connectivity index (χ4v) is 0.971. The number of H-pyrrole nitrogens is 1. The summed E-state index contributed by atoms with van der Waals surface area (Å²) in [6, 6.07) is 0. The van der Waals surface area contributed by atoms with Crippen molar-refractivity contribution in [2.24, 2.45) is 0 Å². The van der Waals surface area contributed by atoms with Gasteiger partial charge in [0.1, 0.15) is 6.33 Å². The van der Waals surface area contributed by atoms with Gasteiger partial charge in [0.25, 0.3) is 0 Å². The van der Waals surface area contributed by atoms with E-state index >= 15 is 0 Å². The maximum Gasteiger partial charge on any atom is 0.344 e. The van der Waals surface area contributed by atoms with Crippen LogP contribution in [0.4, 0.5) is 0 Å². The van der Waals surface area contributed by atoms with Crippen molar-refractivity contribution in [2.75, 3.05) is 0 Å². The molecule has 0 atom stereocenters. The topological polar surface area (TPSA) is 50.7 Å². The molecule has 0 saturated carbocycles. The highest BCUT2D eigenvalue weighted by Crippen LogP contribution is 2.20. The molecule has 1 N–H and O–H groups in total. The molecule has 0 unspecified atom stereocenters. The maximum atomic E-state index is 10.9. The van der Waals surface area contributed by atoms with Crippen molar-refractivity contribution in [2.45, 2.75) is 17.4 Å². The zero-order valence-electron chi connectivity index (χ0n) is 5.76. The van der Waals surface area contributed by atoms with E-state index < -0.39 is 0 Å². The Morgan fingerprint density at radius 1 is 1.80 bits per heavy atom. The van der Waals surface area contributed by atoms with Gasteiger partial charge in [-0.2, -0.15) is 5.10 Å². The standard InChI is InChI=1S/C5H8IN3O/c1-5(2,6)9-3-7-8-4(9)10/h3H,1-2H3,(H,8,10). The Morgan fingerprint density at radius 3 is 2.60 bits per heavy atom. The third-order valence-electron chi connectivity index (χ3n) is 1.13. The van der Waals surface area contributed by atoms with Crippen molar-refractivity contribution < 1.29 is 0 Å². The molecule has 0 bridgehead atoms. The van der Waals surface area contributed by atoms with Crippen LogP contribution in [0.1, 0.15) is 13.8 Å². The van der Waals surface area contributed by atoms with Crippen LogP contribution in [-0.4, -0.2) is 14.8 Å². The predicted molar refractivity (Wildman–Crippen MR) is 46.2 cm³/mol. The maximum absolute atomic E-state index is 10.9. The summed E-state index contributed by atoms with van der Waals surface area (Å²) in [6.07, 6.45) is 1.49. The van der Waals surface area contributed by atoms with Gasteiger partial charge >= 0.3 is 5.69 Å². The van der Waals surface area contributed by atoms with Crippen LogP contribution >= 0.6 is 22.6 Å². The lowest BCUT2D eigenvalue weighted by Gasteiger charge is -2.15. The van der Waals surface area contributed by atoms with E-state index in [1.54, 1.807) is 0 Å². The zero-order chi connectivity index (χ0) is 7.78. The van der Waals surface area contributed by atoms with Crippen LogP contribution in [0, 0.1) is 0 Å². The first-order valence-corrected chi connectivity index (χ1v) is 3.91. The van der Waals surface area contributed by atoms with Crippen LogP contribution in [0.5, 0.6) is 0 Å². The molecule has 4 nitrogen and oxygen atoms in total. The number of alkyl halides is 1. The van der Waals surface area contributed by atoms with Gasteiger partial charge in [-0.25, -0.2) is 9.89 Å². The monoisotopic (exact) mass is 253 g/mol. The minimum Gasteiger partial charge on any atom is -0.267 e. The Bertz CT molecular complexity index is 269. The summed E-state index contributed by atoms with van der Waals surface area (Å²) < 4.78 is 1.33. The number of aromatic nitrogens is 3. The van der Waals surface area contributed by atoms with E-state index in [2.05, 4.69) is 32.8 Å². The van der Waals surface area contributed by atoms with Crippen molar-refractivity contribution >= 4 is 22.6 Å². The summed E-state index contributed by atoms with van der Waals surface area (Å²) in [4.78, 5) is 10.9. The molecule has 56 valence electrons. The molecule has 0 aliphatic carbocycles. The second-order valence-electron chi connectivity index (χ2n) is 2.44. The molecule has 0 amide bonds. The molecule has 0 aliphatic heterocycles. The van der Waals surface area contributed by atoms with Crippen LogP contribution in [0.25, 0.3) is 0 Å². The summed E-state index contributed by atoms with van der Waals surface area (Å²) in [5, 5.41) is 5.94. The summed E-state index contributed by atoms with van der Waals surface area (Å²) in [5.41, 5.74) is -0.167. The van der Waals surface area contributed by atoms with Gasteiger partial charge in [-0.3, -0.25) is 4.57 Å². The van der Waals surface area contributed by atoms with Crippen LogP contribution in [0.15, 0.2) is 11.1 Å². The number of rotatable bonds is 1. The van der Waals surface area contributed by atoms with E-state index in [4.69, 9.17) is 0 Å². The lowest BCUT2D eigenvalue weighted by Crippen LogP contribution is -2.28. The smallest absolute Gasteiger partial charge is 0.267 e. The van der Waals surface area contributed by atoms with E-state index in [1.807, 2.05) is 13.8 Å². The lowest BCUT2D eigenvalue weighted by molar-refractivity contribution is 0.550. The fourth-order valence-electron chi connectivity index (χ4n) is 0.627. The number of nitrogens with one attached hydrogen (secondary N) is 1. The number of hydrogen-bond acceptors (Lipinski definition) is 2. The Balaban J connectivity index is 3.18. The molecular weight excluding hydrogens is 245 g/mol. The molecule has 1 aromatic heterocycles. The minimum absolute atomic E-state index is 0.167. The molecule has 1 aromatic rings. The van der Waals surface area contributed by atoms with Gasteiger partial charge in [0.05, 0.1) is 3.55 Å². The molecule has 5 heteroatoms. The SMILES string of the molecule is CC(C)(I)n1cn[nH]c1=O. The van der Waals surface area contributed by atoms with Crippen LogP contribution in [0.3, 0.4) is 0 Å². The molecule has 1 heterocycles. The first kappa shape index (κ1) is 7.77. The van der Waals surface area contributed by atoms with Crippen molar-refractivity contribution in [3.63, 3.8) is 0 Å². The first-order valence-electron chi connectivity index (χ1n) is 2.83. The molecule has 0 aliphatic rings. The second kappa shape index (κ2) is 2.37. The summed E-state index contributed by atoms with van der Waals surface area (Å²) >= 11 is 2.17. The summed E-state index contributed by atoms with van der Waals surface area (Å²) in [5.74, 6) is 0. The third-order valence-corrected chi connectivity index (χ3v) is 1.64. The number of nitrogens with zero attached hydrogens (tertiary/aromatic N) is 2. The summed E-state index contributed by atoms with van der Waals surface area (Å²) in [6.45, 7) is 3.87. The third kappa shape index (κ3) is 1.39. The minimum atomic E-state index is -0.207. The Kier molecular flexibility index (Phi) is 1.84. The number of hydrogen-bond donors (Lipinski definition) is 1. The van der Waals surface area contributed by atoms with Gasteiger partial charge in [-0.1, -0.05) is 22.6 Å². The van der Waals surface area contributed by atoms with Crippen LogP contribution in [-0.2, 0) is 3.55 Å². The number of halogens is 1. The van der Waals surface area contributed by atoms with Crippen LogP contribution < -0.4 is 5.69 Å². The van der Waals surface area contributed by atoms with Crippen molar-refractivity contribution in [1.29, 1.82) is 0 Å². The molecule has 0 aromatic carbocycles. The highest BCUT2D eigenvalue weighted by Gasteiger charge is 2.16. The molecular formula is C5H8IN3O. The summed E-state index contributed by atoms with van der Waals surface area (Å²) in [7, 11) is 0. The largest absolute Gasteiger partial charge is 0.344 e. The number of aromatic amines is 1. The Hall–Kier alpha value is -0.330. The average molecular weight is 253 g/mol. The van der Waals surface area contributed by atoms with Crippen LogP contribution in [0.2, 0.25) is 0 Å². The van der Waals surface area contributed by atoms with Crippen molar-refractivity contribution in [1.82, 2.24) is 14.8 Å². The van der Waals surface area contributed by atoms with Gasteiger partial charge in [0, 0.05) is 0 Å². The Labute approximate surface area is 71.8 Å². The van der Waals surface area contributed by atoms with E-state index in [0.717, 1.165) is 0 Å². The molecule has 1 rings (SSSR count). The molecule has 10 heavy (non-hydrogen) atoms. The first-order chi connectivity index (χ1) is 4.52. The Morgan fingerprint density at radius 2 is 2.40 bits per heavy atom. The van der Waals surface area contributed by atoms with Gasteiger partial charge in [0.2, 0.25) is 0 Å². The highest BCUT2D eigenvalue weighted by atomic mass is 127. The van der Waals surface area contributed by atoms with E-state index in [0.29, 0.717) is 0 Å². The fraction of sp³-hybridized carbons (Fsp3) is 0.600. The zero-order valence-corrected chi connectivity index (χ0v) is 7.92. The van der Waals surface area contributed by atoms with Gasteiger partial charge < -0.3 is 0 Å². The van der Waals surface area contributed by atoms with Gasteiger partial charge in [0.15, 0.2) is 0 Å². The highest BCUT2D eigenvalue weighted by molar-refractivity contribution is 14.1. The predicted octanol–water partition coefficient (Wildman–Crippen LogP) is 0.699. The van der Waals surface area contributed by atoms with Gasteiger partial charge in [-0.05, 0) is 13.8 Å². The van der Waals surface area contributed by atoms with E-state index in [-0.39, 0.29) is 9.24 Å². The van der Waals surface area contributed by atoms with E-state index in [1.165, 1.54) is 10.9 Å². The second-order valence-corrected chi connectivity index (χ2v) is 5.08. The molecule has 0 saturated heterocycles. The van der Waals surface area contributed by atoms with Crippen molar-refractivity contribution in [3.05, 3.63) is 16.8 Å². The normalized spacial score (nSPS) is 11.9. The van der Waals surface area contributed by atoms with E-state index in [9.17, 15) is 4.79 Å². The lowest BCUT2D eigenvalue weighted by atomic mass is 10.4.